The van der Waals surface area contributed by atoms with Gasteiger partial charge in [-0.05, 0) is 32.9 Å². The minimum absolute atomic E-state index is 0. The predicted molar refractivity (Wildman–Crippen MR) is 102 cm³/mol. The summed E-state index contributed by atoms with van der Waals surface area (Å²) in [5.41, 5.74) is 5.55. The highest BCUT2D eigenvalue weighted by Gasteiger charge is 2.32. The van der Waals surface area contributed by atoms with Crippen LogP contribution in [0.2, 0.25) is 0 Å². The summed E-state index contributed by atoms with van der Waals surface area (Å²) in [6, 6.07) is 5.31. The number of benzene rings is 1. The van der Waals surface area contributed by atoms with Gasteiger partial charge in [0, 0.05) is 0 Å². The maximum Gasteiger partial charge on any atom is 0.573 e. The van der Waals surface area contributed by atoms with Gasteiger partial charge in [-0.3, -0.25) is 4.99 Å². The lowest BCUT2D eigenvalue weighted by Gasteiger charge is -2.18. The third-order valence-corrected chi connectivity index (χ3v) is 5.54. The highest BCUT2D eigenvalue weighted by Crippen LogP contribution is 2.29. The van der Waals surface area contributed by atoms with E-state index in [0.29, 0.717) is 0 Å². The number of nitrogens with one attached hydrogen (secondary N) is 1. The normalized spacial score (nSPS) is 13.1. The fraction of sp³-hybridized carbons (Fsp3) is 0.500. The Morgan fingerprint density at radius 1 is 1.24 bits per heavy atom. The van der Waals surface area contributed by atoms with E-state index in [1.165, 1.54) is 18.2 Å². The van der Waals surface area contributed by atoms with Gasteiger partial charge in [-0.15, -0.1) is 37.1 Å². The van der Waals surface area contributed by atoms with E-state index in [1.807, 2.05) is 0 Å². The molecule has 6 nitrogen and oxygen atoms in total. The van der Waals surface area contributed by atoms with Crippen molar-refractivity contribution in [1.82, 2.24) is 0 Å². The number of ether oxygens (including phenoxy) is 1. The van der Waals surface area contributed by atoms with Gasteiger partial charge < -0.3 is 15.8 Å². The Labute approximate surface area is 162 Å². The second-order valence-electron chi connectivity index (χ2n) is 5.87. The lowest BCUT2D eigenvalue weighted by atomic mass is 10.3. The molecule has 0 heterocycles. The van der Waals surface area contributed by atoms with Gasteiger partial charge >= 0.3 is 6.36 Å². The summed E-state index contributed by atoms with van der Waals surface area (Å²) in [7, 11) is -3.36. The van der Waals surface area contributed by atoms with Crippen molar-refractivity contribution in [2.45, 2.75) is 31.9 Å². The molecular formula is C14H21F3IN3O3S. The lowest BCUT2D eigenvalue weighted by molar-refractivity contribution is -0.274. The second kappa shape index (κ2) is 8.92. The van der Waals surface area contributed by atoms with Gasteiger partial charge in [0.2, 0.25) is 0 Å². The Bertz CT molecular complexity index is 701. The van der Waals surface area contributed by atoms with Gasteiger partial charge in [-0.1, -0.05) is 12.1 Å². The molecule has 25 heavy (non-hydrogen) atoms. The van der Waals surface area contributed by atoms with Gasteiger partial charge in [0.05, 0.1) is 22.7 Å². The van der Waals surface area contributed by atoms with Gasteiger partial charge in [-0.2, -0.15) is 0 Å². The molecule has 0 spiro atoms. The number of sulfone groups is 1. The van der Waals surface area contributed by atoms with Crippen LogP contribution in [0.1, 0.15) is 20.8 Å². The van der Waals surface area contributed by atoms with Crippen LogP contribution in [-0.2, 0) is 9.84 Å². The number of guanidine groups is 1. The first-order valence-corrected chi connectivity index (χ1v) is 8.61. The summed E-state index contributed by atoms with van der Waals surface area (Å²) in [5, 5.41) is 2.47. The topological polar surface area (TPSA) is 93.8 Å². The number of para-hydroxylation sites is 2. The molecule has 0 bridgehead atoms. The molecule has 0 aliphatic carbocycles. The fourth-order valence-electron chi connectivity index (χ4n) is 1.55. The van der Waals surface area contributed by atoms with Crippen LogP contribution in [0.5, 0.6) is 5.75 Å². The number of halogens is 4. The van der Waals surface area contributed by atoms with Crippen molar-refractivity contribution in [3.05, 3.63) is 24.3 Å². The molecule has 0 aliphatic heterocycles. The summed E-state index contributed by atoms with van der Waals surface area (Å²) in [6.07, 6.45) is -4.84. The van der Waals surface area contributed by atoms with E-state index < -0.39 is 26.7 Å². The largest absolute Gasteiger partial charge is 0.573 e. The molecule has 1 aromatic rings. The Hall–Kier alpha value is -1.24. The average Bonchev–Trinajstić information content (AvgIpc) is 2.37. The van der Waals surface area contributed by atoms with Crippen molar-refractivity contribution < 1.29 is 26.3 Å². The van der Waals surface area contributed by atoms with Crippen molar-refractivity contribution in [1.29, 1.82) is 0 Å². The van der Waals surface area contributed by atoms with Gasteiger partial charge in [0.1, 0.15) is 0 Å². The van der Waals surface area contributed by atoms with Crippen molar-refractivity contribution in [2.24, 2.45) is 10.7 Å². The SMILES string of the molecule is CC(C)(C)S(=O)(=O)CCN=C(N)Nc1ccccc1OC(F)(F)F.I. The zero-order valence-corrected chi connectivity index (χ0v) is 17.1. The standard InChI is InChI=1S/C14H20F3N3O3S.HI/c1-13(2,3)24(21,22)9-8-19-12(18)20-10-6-4-5-7-11(10)23-14(15,16)17;/h4-7H,8-9H2,1-3H3,(H3,18,19,20);1H. The predicted octanol–water partition coefficient (Wildman–Crippen LogP) is 3.14. The van der Waals surface area contributed by atoms with E-state index in [2.05, 4.69) is 15.0 Å². The van der Waals surface area contributed by atoms with Crippen LogP contribution in [0.15, 0.2) is 29.3 Å². The molecule has 0 atom stereocenters. The van der Waals surface area contributed by atoms with Crippen LogP contribution in [0.25, 0.3) is 0 Å². The minimum Gasteiger partial charge on any atom is -0.404 e. The highest BCUT2D eigenvalue weighted by atomic mass is 127. The minimum atomic E-state index is -4.84. The van der Waals surface area contributed by atoms with E-state index in [9.17, 15) is 21.6 Å². The Morgan fingerprint density at radius 2 is 1.80 bits per heavy atom. The first-order chi connectivity index (χ1) is 10.8. The molecule has 1 aromatic carbocycles. The van der Waals surface area contributed by atoms with Crippen molar-refractivity contribution in [3.8, 4) is 5.75 Å². The van der Waals surface area contributed by atoms with Crippen molar-refractivity contribution in [3.63, 3.8) is 0 Å². The molecule has 11 heteroatoms. The average molecular weight is 495 g/mol. The number of anilines is 1. The number of hydrogen-bond acceptors (Lipinski definition) is 4. The number of alkyl halides is 3. The number of rotatable bonds is 5. The summed E-state index contributed by atoms with van der Waals surface area (Å²) in [6.45, 7) is 4.59. The molecule has 144 valence electrons. The van der Waals surface area contributed by atoms with E-state index in [1.54, 1.807) is 20.8 Å². The number of nitrogens with two attached hydrogens (primary N) is 1. The van der Waals surface area contributed by atoms with Crippen LogP contribution in [0, 0.1) is 0 Å². The van der Waals surface area contributed by atoms with E-state index in [-0.39, 0.29) is 47.9 Å². The molecule has 0 saturated carbocycles. The highest BCUT2D eigenvalue weighted by molar-refractivity contribution is 14.0. The van der Waals surface area contributed by atoms with Crippen molar-refractivity contribution >= 4 is 45.5 Å². The zero-order chi connectivity index (χ0) is 18.6. The van der Waals surface area contributed by atoms with Crippen LogP contribution < -0.4 is 15.8 Å². The smallest absolute Gasteiger partial charge is 0.404 e. The van der Waals surface area contributed by atoms with E-state index in [4.69, 9.17) is 5.73 Å². The van der Waals surface area contributed by atoms with Gasteiger partial charge in [0.25, 0.3) is 0 Å². The molecule has 0 unspecified atom stereocenters. The zero-order valence-electron chi connectivity index (χ0n) is 13.9. The first kappa shape index (κ1) is 23.8. The second-order valence-corrected chi connectivity index (χ2v) is 8.73. The third-order valence-electron chi connectivity index (χ3n) is 2.95. The van der Waals surface area contributed by atoms with Crippen LogP contribution in [-0.4, -0.2) is 37.8 Å². The maximum absolute atomic E-state index is 12.3. The van der Waals surface area contributed by atoms with Crippen LogP contribution in [0.4, 0.5) is 18.9 Å². The number of nitrogens with zero attached hydrogens (tertiary/aromatic N) is 1. The molecule has 0 fully saturated rings. The third kappa shape index (κ3) is 8.12. The van der Waals surface area contributed by atoms with E-state index in [0.717, 1.165) is 6.07 Å². The number of hydrogen-bond donors (Lipinski definition) is 2. The first-order valence-electron chi connectivity index (χ1n) is 6.96. The summed E-state index contributed by atoms with van der Waals surface area (Å²) < 4.78 is 63.8. The molecule has 0 aliphatic rings. The molecule has 0 radical (unpaired) electrons. The molecule has 0 saturated heterocycles. The van der Waals surface area contributed by atoms with Crippen molar-refractivity contribution in [2.75, 3.05) is 17.6 Å². The number of aliphatic imine (C=N–C) groups is 1. The summed E-state index contributed by atoms with van der Waals surface area (Å²) in [4.78, 5) is 3.82. The maximum atomic E-state index is 12.3. The Kier molecular flexibility index (Phi) is 8.48. The monoisotopic (exact) mass is 495 g/mol. The van der Waals surface area contributed by atoms with Crippen LogP contribution >= 0.6 is 24.0 Å². The Morgan fingerprint density at radius 3 is 2.32 bits per heavy atom. The van der Waals surface area contributed by atoms with Gasteiger partial charge in [-0.25, -0.2) is 8.42 Å². The molecule has 0 amide bonds. The molecular weight excluding hydrogens is 474 g/mol. The van der Waals surface area contributed by atoms with Gasteiger partial charge in [0.15, 0.2) is 21.5 Å². The summed E-state index contributed by atoms with van der Waals surface area (Å²) >= 11 is 0. The fourth-order valence-corrected chi connectivity index (χ4v) is 2.50. The molecule has 1 rings (SSSR count). The summed E-state index contributed by atoms with van der Waals surface area (Å²) in [5.74, 6) is -0.901. The van der Waals surface area contributed by atoms with E-state index >= 15 is 0 Å². The lowest BCUT2D eigenvalue weighted by Crippen LogP contribution is -2.32. The molecule has 3 N–H and O–H groups in total. The van der Waals surface area contributed by atoms with Crippen LogP contribution in [0.3, 0.4) is 0 Å². The Balaban J connectivity index is 0.00000576. The molecule has 0 aromatic heterocycles. The quantitative estimate of drug-likeness (QED) is 0.372.